The number of benzene rings is 1. The molecule has 0 spiro atoms. The van der Waals surface area contributed by atoms with Gasteiger partial charge in [-0.15, -0.1) is 0 Å². The highest BCUT2D eigenvalue weighted by atomic mass is 35.5. The fraction of sp³-hybridized carbons (Fsp3) is 0.538. The first-order valence-electron chi connectivity index (χ1n) is 6.62. The summed E-state index contributed by atoms with van der Waals surface area (Å²) in [7, 11) is -3.66. The molecule has 20 heavy (non-hydrogen) atoms. The maximum absolute atomic E-state index is 12.4. The number of nitrogens with two attached hydrogens (primary N) is 1. The van der Waals surface area contributed by atoms with Crippen molar-refractivity contribution in [2.45, 2.75) is 42.4 Å². The second-order valence-corrected chi connectivity index (χ2v) is 8.50. The molecule has 2 atom stereocenters. The van der Waals surface area contributed by atoms with E-state index in [1.165, 1.54) is 6.07 Å². The minimum Gasteiger partial charge on any atom is -0.398 e. The summed E-state index contributed by atoms with van der Waals surface area (Å²) < 4.78 is 27.6. The smallest absolute Gasteiger partial charge is 0.244 e. The Morgan fingerprint density at radius 3 is 2.85 bits per heavy atom. The van der Waals surface area contributed by atoms with Crippen LogP contribution in [0.2, 0.25) is 5.02 Å². The van der Waals surface area contributed by atoms with Crippen LogP contribution in [0.5, 0.6) is 0 Å². The lowest BCUT2D eigenvalue weighted by atomic mass is 10.3. The molecule has 0 aliphatic heterocycles. The molecule has 1 aromatic rings. The predicted molar refractivity (Wildman–Crippen MR) is 85.7 cm³/mol. The summed E-state index contributed by atoms with van der Waals surface area (Å²) in [4.78, 5) is -0.00624. The maximum Gasteiger partial charge on any atom is 0.244 e. The van der Waals surface area contributed by atoms with Crippen molar-refractivity contribution in [1.29, 1.82) is 0 Å². The molecule has 1 aromatic carbocycles. The van der Waals surface area contributed by atoms with Crippen LogP contribution in [0.4, 0.5) is 5.69 Å². The summed E-state index contributed by atoms with van der Waals surface area (Å²) in [6, 6.07) is 4.70. The summed E-state index contributed by atoms with van der Waals surface area (Å²) in [5, 5.41) is 0.700. The molecular weight excluding hydrogens is 316 g/mol. The van der Waals surface area contributed by atoms with Crippen molar-refractivity contribution in [3.8, 4) is 0 Å². The largest absolute Gasteiger partial charge is 0.398 e. The van der Waals surface area contributed by atoms with Crippen LogP contribution in [0, 0.1) is 0 Å². The number of nitrogen functional groups attached to an aromatic ring is 1. The Bertz CT molecular complexity index is 557. The van der Waals surface area contributed by atoms with E-state index in [-0.39, 0.29) is 21.6 Å². The predicted octanol–water partition coefficient (Wildman–Crippen LogP) is 2.87. The monoisotopic (exact) mass is 334 g/mol. The zero-order valence-corrected chi connectivity index (χ0v) is 13.7. The highest BCUT2D eigenvalue weighted by Gasteiger charge is 2.30. The minimum atomic E-state index is -3.66. The average Bonchev–Trinajstić information content (AvgIpc) is 2.75. The number of nitrogens with one attached hydrogen (secondary N) is 1. The standard InChI is InChI=1S/C13H19ClN2O2S2/c1-2-19-10-7-6-9(8-10)16-20(17,18)13-11(14)4-3-5-12(13)15/h3-5,9-10,16H,2,6-8,15H2,1H3. The third-order valence-corrected chi connectivity index (χ3v) is 6.67. The van der Waals surface area contributed by atoms with Gasteiger partial charge in [-0.05, 0) is 37.1 Å². The Kier molecular flexibility index (Phi) is 5.23. The quantitative estimate of drug-likeness (QED) is 0.812. The topological polar surface area (TPSA) is 72.2 Å². The molecule has 4 nitrogen and oxygen atoms in total. The zero-order valence-electron chi connectivity index (χ0n) is 11.3. The number of thioether (sulfide) groups is 1. The van der Waals surface area contributed by atoms with Crippen molar-refractivity contribution < 1.29 is 8.42 Å². The summed E-state index contributed by atoms with van der Waals surface area (Å²) in [5.41, 5.74) is 5.93. The first-order chi connectivity index (χ1) is 9.44. The highest BCUT2D eigenvalue weighted by Crippen LogP contribution is 2.32. The van der Waals surface area contributed by atoms with Gasteiger partial charge >= 0.3 is 0 Å². The number of hydrogen-bond donors (Lipinski definition) is 2. The lowest BCUT2D eigenvalue weighted by molar-refractivity contribution is 0.553. The van der Waals surface area contributed by atoms with Gasteiger partial charge in [-0.25, -0.2) is 13.1 Å². The lowest BCUT2D eigenvalue weighted by Crippen LogP contribution is -2.33. The van der Waals surface area contributed by atoms with Gasteiger partial charge in [-0.2, -0.15) is 11.8 Å². The van der Waals surface area contributed by atoms with Gasteiger partial charge < -0.3 is 5.73 Å². The van der Waals surface area contributed by atoms with E-state index in [0.29, 0.717) is 5.25 Å². The van der Waals surface area contributed by atoms with Gasteiger partial charge in [0.15, 0.2) is 0 Å². The molecule has 0 amide bonds. The van der Waals surface area contributed by atoms with Gasteiger partial charge in [0.1, 0.15) is 4.90 Å². The Morgan fingerprint density at radius 2 is 2.20 bits per heavy atom. The first-order valence-corrected chi connectivity index (χ1v) is 9.53. The van der Waals surface area contributed by atoms with Crippen LogP contribution >= 0.6 is 23.4 Å². The van der Waals surface area contributed by atoms with Crippen molar-refractivity contribution in [1.82, 2.24) is 4.72 Å². The van der Waals surface area contributed by atoms with Gasteiger partial charge in [-0.1, -0.05) is 24.6 Å². The lowest BCUT2D eigenvalue weighted by Gasteiger charge is -2.15. The fourth-order valence-corrected chi connectivity index (χ4v) is 5.62. The molecule has 7 heteroatoms. The Hall–Kier alpha value is -0.430. The molecule has 1 fully saturated rings. The summed E-state index contributed by atoms with van der Waals surface area (Å²) in [6.07, 6.45) is 2.77. The number of sulfonamides is 1. The van der Waals surface area contributed by atoms with Crippen LogP contribution in [0.25, 0.3) is 0 Å². The Balaban J connectivity index is 2.13. The van der Waals surface area contributed by atoms with Crippen LogP contribution in [0.15, 0.2) is 23.1 Å². The molecular formula is C13H19ClN2O2S2. The van der Waals surface area contributed by atoms with Crippen LogP contribution in [-0.2, 0) is 10.0 Å². The van der Waals surface area contributed by atoms with Gasteiger partial charge in [0.2, 0.25) is 10.0 Å². The minimum absolute atomic E-state index is 0.00624. The second kappa shape index (κ2) is 6.56. The molecule has 1 aliphatic rings. The van der Waals surface area contributed by atoms with E-state index >= 15 is 0 Å². The SMILES string of the molecule is CCSC1CCC(NS(=O)(=O)c2c(N)cccc2Cl)C1. The third-order valence-electron chi connectivity index (χ3n) is 3.37. The van der Waals surface area contributed by atoms with E-state index in [9.17, 15) is 8.42 Å². The molecule has 112 valence electrons. The number of anilines is 1. The van der Waals surface area contributed by atoms with Crippen LogP contribution in [0.3, 0.4) is 0 Å². The molecule has 2 rings (SSSR count). The van der Waals surface area contributed by atoms with Gasteiger partial charge in [0, 0.05) is 11.3 Å². The molecule has 0 heterocycles. The molecule has 1 saturated carbocycles. The molecule has 3 N–H and O–H groups in total. The fourth-order valence-electron chi connectivity index (χ4n) is 2.52. The second-order valence-electron chi connectivity index (χ2n) is 4.87. The molecule has 0 radical (unpaired) electrons. The van der Waals surface area contributed by atoms with Crippen molar-refractivity contribution in [2.24, 2.45) is 0 Å². The zero-order chi connectivity index (χ0) is 14.8. The van der Waals surface area contributed by atoms with Crippen molar-refractivity contribution >= 4 is 39.1 Å². The van der Waals surface area contributed by atoms with Gasteiger partial charge in [-0.3, -0.25) is 0 Å². The Labute approximate surface area is 129 Å². The van der Waals surface area contributed by atoms with Crippen LogP contribution < -0.4 is 10.5 Å². The maximum atomic E-state index is 12.4. The van der Waals surface area contributed by atoms with Crippen LogP contribution in [-0.4, -0.2) is 25.5 Å². The van der Waals surface area contributed by atoms with Crippen molar-refractivity contribution in [3.05, 3.63) is 23.2 Å². The van der Waals surface area contributed by atoms with Crippen molar-refractivity contribution in [2.75, 3.05) is 11.5 Å². The number of hydrogen-bond acceptors (Lipinski definition) is 4. The van der Waals surface area contributed by atoms with E-state index in [1.54, 1.807) is 12.1 Å². The molecule has 2 unspecified atom stereocenters. The van der Waals surface area contributed by atoms with E-state index in [1.807, 2.05) is 11.8 Å². The van der Waals surface area contributed by atoms with Gasteiger partial charge in [0.25, 0.3) is 0 Å². The summed E-state index contributed by atoms with van der Waals surface area (Å²) >= 11 is 7.86. The molecule has 0 saturated heterocycles. The van der Waals surface area contributed by atoms with E-state index in [4.69, 9.17) is 17.3 Å². The Morgan fingerprint density at radius 1 is 1.45 bits per heavy atom. The van der Waals surface area contributed by atoms with Crippen molar-refractivity contribution in [3.63, 3.8) is 0 Å². The first kappa shape index (κ1) is 15.9. The normalized spacial score (nSPS) is 23.1. The van der Waals surface area contributed by atoms with Gasteiger partial charge in [0.05, 0.1) is 10.7 Å². The number of rotatable bonds is 5. The van der Waals surface area contributed by atoms with E-state index in [2.05, 4.69) is 11.6 Å². The third kappa shape index (κ3) is 3.61. The average molecular weight is 335 g/mol. The number of halogens is 1. The molecule has 0 aromatic heterocycles. The summed E-state index contributed by atoms with van der Waals surface area (Å²) in [5.74, 6) is 1.06. The summed E-state index contributed by atoms with van der Waals surface area (Å²) in [6.45, 7) is 2.12. The molecule has 0 bridgehead atoms. The van der Waals surface area contributed by atoms with Crippen LogP contribution in [0.1, 0.15) is 26.2 Å². The van der Waals surface area contributed by atoms with E-state index < -0.39 is 10.0 Å². The van der Waals surface area contributed by atoms with E-state index in [0.717, 1.165) is 25.0 Å². The highest BCUT2D eigenvalue weighted by molar-refractivity contribution is 7.99. The molecule has 1 aliphatic carbocycles.